The molecule has 0 N–H and O–H groups in total. The van der Waals surface area contributed by atoms with E-state index in [9.17, 15) is 9.18 Å². The molecule has 4 nitrogen and oxygen atoms in total. The highest BCUT2D eigenvalue weighted by Gasteiger charge is 2.28. The van der Waals surface area contributed by atoms with Crippen LogP contribution in [0.5, 0.6) is 0 Å². The van der Waals surface area contributed by atoms with E-state index < -0.39 is 5.83 Å². The number of fused-ring (bicyclic) bond motifs is 2. The summed E-state index contributed by atoms with van der Waals surface area (Å²) in [6.45, 7) is 5.93. The normalized spacial score (nSPS) is 14.4. The van der Waals surface area contributed by atoms with Crippen LogP contribution >= 0.6 is 0 Å². The monoisotopic (exact) mass is 385 g/mol. The molecule has 0 radical (unpaired) electrons. The third-order valence-electron chi connectivity index (χ3n) is 5.05. The number of nitrogens with zero attached hydrogens (tertiary/aromatic N) is 3. The van der Waals surface area contributed by atoms with E-state index in [2.05, 4.69) is 22.6 Å². The molecule has 5 heteroatoms. The quantitative estimate of drug-likeness (QED) is 0.574. The van der Waals surface area contributed by atoms with Gasteiger partial charge in [-0.1, -0.05) is 30.9 Å². The molecule has 1 aliphatic rings. The fraction of sp³-hybridized carbons (Fsp3) is 0.125. The minimum Gasteiger partial charge on any atom is -0.328 e. The molecule has 0 bridgehead atoms. The van der Waals surface area contributed by atoms with Crippen molar-refractivity contribution in [3.05, 3.63) is 102 Å². The average molecular weight is 385 g/mol. The lowest BCUT2D eigenvalue weighted by Gasteiger charge is -2.16. The van der Waals surface area contributed by atoms with E-state index >= 15 is 0 Å². The Morgan fingerprint density at radius 1 is 1.17 bits per heavy atom. The summed E-state index contributed by atoms with van der Waals surface area (Å²) in [4.78, 5) is 22.7. The van der Waals surface area contributed by atoms with Crippen LogP contribution in [0.15, 0.2) is 85.0 Å². The van der Waals surface area contributed by atoms with E-state index in [1.54, 1.807) is 35.5 Å². The molecule has 2 aromatic heterocycles. The van der Waals surface area contributed by atoms with Gasteiger partial charge >= 0.3 is 0 Å². The molecule has 3 aromatic rings. The molecule has 0 saturated heterocycles. The van der Waals surface area contributed by atoms with E-state index in [1.807, 2.05) is 37.3 Å². The predicted molar refractivity (Wildman–Crippen MR) is 113 cm³/mol. The summed E-state index contributed by atoms with van der Waals surface area (Å²) in [5.74, 6) is -0.684. The van der Waals surface area contributed by atoms with Crippen LogP contribution in [0.4, 0.5) is 4.39 Å². The third kappa shape index (κ3) is 3.85. The summed E-state index contributed by atoms with van der Waals surface area (Å²) < 4.78 is 14.1. The smallest absolute Gasteiger partial charge is 0.256 e. The Morgan fingerprint density at radius 3 is 2.76 bits per heavy atom. The zero-order valence-electron chi connectivity index (χ0n) is 16.1. The maximum Gasteiger partial charge on any atom is 0.256 e. The van der Waals surface area contributed by atoms with Crippen LogP contribution in [0, 0.1) is 0 Å². The van der Waals surface area contributed by atoms with Gasteiger partial charge in [-0.3, -0.25) is 14.8 Å². The van der Waals surface area contributed by atoms with E-state index in [0.717, 1.165) is 27.7 Å². The number of carbonyl (C=O) groups excluding carboxylic acids is 1. The van der Waals surface area contributed by atoms with Crippen LogP contribution in [0.25, 0.3) is 16.5 Å². The standard InChI is InChI=1S/C24H20FN3O/c1-16(18-9-10-22-19(13-18)5-3-11-26-22)7-8-20(17(2)25)14-28-15-23-21(24(28)29)6-4-12-27-23/h3-13H,2,14-15H2,1H3/b16-7+,20-8-. The lowest BCUT2D eigenvalue weighted by Crippen LogP contribution is -2.26. The Kier molecular flexibility index (Phi) is 5.04. The summed E-state index contributed by atoms with van der Waals surface area (Å²) in [7, 11) is 0. The summed E-state index contributed by atoms with van der Waals surface area (Å²) >= 11 is 0. The second-order valence-corrected chi connectivity index (χ2v) is 7.02. The minimum absolute atomic E-state index is 0.136. The Hall–Kier alpha value is -3.60. The van der Waals surface area contributed by atoms with Crippen LogP contribution in [0.3, 0.4) is 0 Å². The van der Waals surface area contributed by atoms with Gasteiger partial charge in [-0.25, -0.2) is 4.39 Å². The van der Waals surface area contributed by atoms with Gasteiger partial charge in [-0.05, 0) is 48.4 Å². The maximum atomic E-state index is 14.1. The highest BCUT2D eigenvalue weighted by molar-refractivity contribution is 5.97. The Bertz CT molecular complexity index is 1180. The number of hydrogen-bond donors (Lipinski definition) is 0. The molecular weight excluding hydrogens is 365 g/mol. The number of carbonyl (C=O) groups is 1. The first-order chi connectivity index (χ1) is 14.0. The van der Waals surface area contributed by atoms with Crippen molar-refractivity contribution < 1.29 is 9.18 Å². The van der Waals surface area contributed by atoms with Crippen molar-refractivity contribution in [1.82, 2.24) is 14.9 Å². The van der Waals surface area contributed by atoms with Gasteiger partial charge in [0.1, 0.15) is 5.83 Å². The number of benzene rings is 1. The second kappa shape index (κ2) is 7.80. The SMILES string of the molecule is C=C(F)/C(=C\C=C(/C)c1ccc2ncccc2c1)CN1Cc2ncccc2C1=O. The molecule has 0 unspecified atom stereocenters. The molecule has 3 heterocycles. The lowest BCUT2D eigenvalue weighted by atomic mass is 10.0. The number of amides is 1. The fourth-order valence-electron chi connectivity index (χ4n) is 3.39. The Balaban J connectivity index is 1.56. The Morgan fingerprint density at radius 2 is 1.97 bits per heavy atom. The van der Waals surface area contributed by atoms with Crippen molar-refractivity contribution in [3.63, 3.8) is 0 Å². The molecule has 1 amide bonds. The first kappa shape index (κ1) is 18.7. The number of rotatable bonds is 5. The van der Waals surface area contributed by atoms with E-state index in [4.69, 9.17) is 0 Å². The van der Waals surface area contributed by atoms with Crippen LogP contribution in [-0.4, -0.2) is 27.3 Å². The number of hydrogen-bond acceptors (Lipinski definition) is 3. The largest absolute Gasteiger partial charge is 0.328 e. The van der Waals surface area contributed by atoms with Crippen molar-refractivity contribution in [2.24, 2.45) is 0 Å². The summed E-state index contributed by atoms with van der Waals surface area (Å²) in [5.41, 5.74) is 4.60. The van der Waals surface area contributed by atoms with E-state index in [1.165, 1.54) is 0 Å². The zero-order valence-corrected chi connectivity index (χ0v) is 16.1. The third-order valence-corrected chi connectivity index (χ3v) is 5.05. The average Bonchev–Trinajstić information content (AvgIpc) is 3.06. The molecule has 1 aromatic carbocycles. The summed E-state index contributed by atoms with van der Waals surface area (Å²) in [6.07, 6.45) is 6.96. The highest BCUT2D eigenvalue weighted by atomic mass is 19.1. The van der Waals surface area contributed by atoms with Crippen molar-refractivity contribution in [3.8, 4) is 0 Å². The Labute approximate surface area is 168 Å². The van der Waals surface area contributed by atoms with Gasteiger partial charge in [0.2, 0.25) is 0 Å². The predicted octanol–water partition coefficient (Wildman–Crippen LogP) is 5.10. The molecule has 0 fully saturated rings. The van der Waals surface area contributed by atoms with Crippen LogP contribution in [0.1, 0.15) is 28.5 Å². The number of allylic oxidation sites excluding steroid dienone is 3. The molecule has 1 aliphatic heterocycles. The summed E-state index contributed by atoms with van der Waals surface area (Å²) in [6, 6.07) is 13.4. The first-order valence-electron chi connectivity index (χ1n) is 9.33. The van der Waals surface area contributed by atoms with Crippen LogP contribution in [0.2, 0.25) is 0 Å². The molecule has 0 aliphatic carbocycles. The van der Waals surface area contributed by atoms with Crippen LogP contribution in [-0.2, 0) is 6.54 Å². The lowest BCUT2D eigenvalue weighted by molar-refractivity contribution is 0.0792. The fourth-order valence-corrected chi connectivity index (χ4v) is 3.39. The van der Waals surface area contributed by atoms with Crippen molar-refractivity contribution in [2.45, 2.75) is 13.5 Å². The first-order valence-corrected chi connectivity index (χ1v) is 9.33. The number of pyridine rings is 2. The van der Waals surface area contributed by atoms with Gasteiger partial charge in [-0.15, -0.1) is 0 Å². The second-order valence-electron chi connectivity index (χ2n) is 7.02. The van der Waals surface area contributed by atoms with Crippen molar-refractivity contribution >= 4 is 22.4 Å². The molecule has 4 rings (SSSR count). The number of aromatic nitrogens is 2. The van der Waals surface area contributed by atoms with Crippen LogP contribution < -0.4 is 0 Å². The molecule has 0 spiro atoms. The van der Waals surface area contributed by atoms with Gasteiger partial charge in [0.15, 0.2) is 0 Å². The van der Waals surface area contributed by atoms with Gasteiger partial charge in [0, 0.05) is 29.9 Å². The molecular formula is C24H20FN3O. The van der Waals surface area contributed by atoms with Gasteiger partial charge < -0.3 is 4.90 Å². The maximum absolute atomic E-state index is 14.1. The molecule has 29 heavy (non-hydrogen) atoms. The molecule has 0 saturated carbocycles. The number of halogens is 1. The molecule has 0 atom stereocenters. The zero-order chi connectivity index (χ0) is 20.4. The van der Waals surface area contributed by atoms with Gasteiger partial charge in [0.05, 0.1) is 23.3 Å². The van der Waals surface area contributed by atoms with Gasteiger partial charge in [0.25, 0.3) is 5.91 Å². The summed E-state index contributed by atoms with van der Waals surface area (Å²) in [5, 5.41) is 1.05. The van der Waals surface area contributed by atoms with Gasteiger partial charge in [-0.2, -0.15) is 0 Å². The minimum atomic E-state index is -0.548. The van der Waals surface area contributed by atoms with E-state index in [0.29, 0.717) is 17.7 Å². The van der Waals surface area contributed by atoms with Crippen molar-refractivity contribution in [2.75, 3.05) is 6.54 Å². The van der Waals surface area contributed by atoms with Crippen molar-refractivity contribution in [1.29, 1.82) is 0 Å². The topological polar surface area (TPSA) is 46.1 Å². The van der Waals surface area contributed by atoms with E-state index in [-0.39, 0.29) is 12.5 Å². The highest BCUT2D eigenvalue weighted by Crippen LogP contribution is 2.24. The molecule has 144 valence electrons.